The minimum absolute atomic E-state index is 0. The Hall–Kier alpha value is -3.34. The van der Waals surface area contributed by atoms with Crippen LogP contribution in [0.3, 0.4) is 0 Å². The van der Waals surface area contributed by atoms with Gasteiger partial charge in [0.2, 0.25) is 0 Å². The number of ether oxygens (including phenoxy) is 1. The number of hydrazone groups is 1. The highest BCUT2D eigenvalue weighted by Gasteiger charge is 2.16. The average molecular weight is 458 g/mol. The molecule has 0 spiro atoms. The van der Waals surface area contributed by atoms with Crippen molar-refractivity contribution >= 4 is 29.4 Å². The molecular formula is C28H28ClN3O. The Balaban J connectivity index is 0.00000259. The molecule has 1 saturated heterocycles. The molecular weight excluding hydrogens is 430 g/mol. The van der Waals surface area contributed by atoms with Gasteiger partial charge in [0.1, 0.15) is 11.5 Å². The lowest BCUT2D eigenvalue weighted by atomic mass is 10.0. The highest BCUT2D eigenvalue weighted by molar-refractivity contribution is 5.86. The summed E-state index contributed by atoms with van der Waals surface area (Å²) in [5.74, 6) is 1.66. The summed E-state index contributed by atoms with van der Waals surface area (Å²) in [6, 6.07) is 33.1. The number of piperazine rings is 1. The topological polar surface area (TPSA) is 28.1 Å². The van der Waals surface area contributed by atoms with E-state index < -0.39 is 0 Å². The second-order valence-electron chi connectivity index (χ2n) is 8.10. The lowest BCUT2D eigenvalue weighted by Gasteiger charge is -2.33. The van der Waals surface area contributed by atoms with Crippen LogP contribution in [0, 0.1) is 0 Å². The van der Waals surface area contributed by atoms with Crippen molar-refractivity contribution in [3.63, 3.8) is 0 Å². The Kier molecular flexibility index (Phi) is 7.61. The van der Waals surface area contributed by atoms with Crippen LogP contribution in [0.5, 0.6) is 11.5 Å². The Labute approximate surface area is 201 Å². The summed E-state index contributed by atoms with van der Waals surface area (Å²) in [7, 11) is 0. The van der Waals surface area contributed by atoms with Crippen molar-refractivity contribution in [2.24, 2.45) is 5.10 Å². The monoisotopic (exact) mass is 457 g/mol. The van der Waals surface area contributed by atoms with Crippen molar-refractivity contribution in [2.75, 3.05) is 26.2 Å². The molecule has 0 bridgehead atoms. The van der Waals surface area contributed by atoms with Crippen LogP contribution in [0.25, 0.3) is 10.8 Å². The van der Waals surface area contributed by atoms with Gasteiger partial charge >= 0.3 is 0 Å². The molecule has 1 aliphatic heterocycles. The van der Waals surface area contributed by atoms with E-state index >= 15 is 0 Å². The zero-order valence-corrected chi connectivity index (χ0v) is 19.3. The summed E-state index contributed by atoms with van der Waals surface area (Å²) >= 11 is 0. The van der Waals surface area contributed by atoms with Gasteiger partial charge in [-0.05, 0) is 46.2 Å². The molecule has 4 nitrogen and oxygen atoms in total. The van der Waals surface area contributed by atoms with E-state index in [1.54, 1.807) is 0 Å². The normalized spacial score (nSPS) is 14.4. The lowest BCUT2D eigenvalue weighted by molar-refractivity contribution is 0.131. The van der Waals surface area contributed by atoms with Crippen LogP contribution >= 0.6 is 12.4 Å². The van der Waals surface area contributed by atoms with E-state index in [0.717, 1.165) is 49.8 Å². The Morgan fingerprint density at radius 1 is 0.727 bits per heavy atom. The maximum atomic E-state index is 5.93. The second-order valence-corrected chi connectivity index (χ2v) is 8.10. The van der Waals surface area contributed by atoms with E-state index in [2.05, 4.69) is 58.4 Å². The maximum absolute atomic E-state index is 5.93. The number of benzene rings is 4. The quantitative estimate of drug-likeness (QED) is 0.322. The number of hydrogen-bond acceptors (Lipinski definition) is 4. The molecule has 0 amide bonds. The van der Waals surface area contributed by atoms with Crippen molar-refractivity contribution < 1.29 is 4.74 Å². The van der Waals surface area contributed by atoms with Crippen LogP contribution in [0.4, 0.5) is 0 Å². The number of halogens is 1. The second kappa shape index (κ2) is 11.0. The molecule has 0 aromatic heterocycles. The van der Waals surface area contributed by atoms with Gasteiger partial charge < -0.3 is 4.74 Å². The van der Waals surface area contributed by atoms with Crippen LogP contribution < -0.4 is 4.74 Å². The van der Waals surface area contributed by atoms with Gasteiger partial charge in [0.05, 0.1) is 6.21 Å². The number of rotatable bonds is 6. The highest BCUT2D eigenvalue weighted by Crippen LogP contribution is 2.22. The maximum Gasteiger partial charge on any atom is 0.128 e. The first kappa shape index (κ1) is 22.8. The van der Waals surface area contributed by atoms with E-state index in [1.807, 2.05) is 54.7 Å². The van der Waals surface area contributed by atoms with Gasteiger partial charge in [-0.2, -0.15) is 5.10 Å². The first-order valence-corrected chi connectivity index (χ1v) is 11.1. The van der Waals surface area contributed by atoms with Gasteiger partial charge in [-0.15, -0.1) is 12.4 Å². The average Bonchev–Trinajstić information content (AvgIpc) is 2.85. The van der Waals surface area contributed by atoms with Crippen molar-refractivity contribution in [3.05, 3.63) is 108 Å². The van der Waals surface area contributed by atoms with Gasteiger partial charge in [-0.3, -0.25) is 9.91 Å². The molecule has 0 atom stereocenters. The van der Waals surface area contributed by atoms with E-state index in [4.69, 9.17) is 9.84 Å². The molecule has 1 heterocycles. The number of fused-ring (bicyclic) bond motifs is 1. The first-order chi connectivity index (χ1) is 15.8. The molecule has 0 aliphatic carbocycles. The van der Waals surface area contributed by atoms with E-state index in [-0.39, 0.29) is 12.4 Å². The molecule has 168 valence electrons. The SMILES string of the molecule is C(=NN1CCN(Cc2cccc3ccccc23)CC1)c1cccc(Oc2ccccc2)c1.Cl. The summed E-state index contributed by atoms with van der Waals surface area (Å²) < 4.78 is 5.93. The van der Waals surface area contributed by atoms with Crippen LogP contribution in [-0.2, 0) is 6.54 Å². The molecule has 4 aromatic rings. The summed E-state index contributed by atoms with van der Waals surface area (Å²) in [6.45, 7) is 4.87. The standard InChI is InChI=1S/C28H27N3O.ClH/c1-2-12-26(13-3-1)32-27-14-6-8-23(20-27)21-29-31-18-16-30(17-19-31)22-25-11-7-10-24-9-4-5-15-28(24)25;/h1-15,20-21H,16-19,22H2;1H. The smallest absolute Gasteiger partial charge is 0.128 e. The summed E-state index contributed by atoms with van der Waals surface area (Å²) in [5, 5.41) is 9.54. The summed E-state index contributed by atoms with van der Waals surface area (Å²) in [6.07, 6.45) is 1.93. The molecule has 5 heteroatoms. The fourth-order valence-corrected chi connectivity index (χ4v) is 4.11. The van der Waals surface area contributed by atoms with E-state index in [0.29, 0.717) is 0 Å². The minimum Gasteiger partial charge on any atom is -0.457 e. The van der Waals surface area contributed by atoms with Crippen LogP contribution in [0.1, 0.15) is 11.1 Å². The van der Waals surface area contributed by atoms with E-state index in [1.165, 1.54) is 16.3 Å². The van der Waals surface area contributed by atoms with Gasteiger partial charge in [-0.1, -0.05) is 72.8 Å². The molecule has 1 aliphatic rings. The highest BCUT2D eigenvalue weighted by atomic mass is 35.5. The molecule has 5 rings (SSSR count). The third-order valence-corrected chi connectivity index (χ3v) is 5.83. The molecule has 0 unspecified atom stereocenters. The zero-order chi connectivity index (χ0) is 21.6. The molecule has 33 heavy (non-hydrogen) atoms. The summed E-state index contributed by atoms with van der Waals surface area (Å²) in [5.41, 5.74) is 2.44. The molecule has 0 radical (unpaired) electrons. The predicted molar refractivity (Wildman–Crippen MR) is 139 cm³/mol. The number of nitrogens with zero attached hydrogens (tertiary/aromatic N) is 3. The van der Waals surface area contributed by atoms with Crippen molar-refractivity contribution in [1.82, 2.24) is 9.91 Å². The Bertz CT molecular complexity index is 1200. The van der Waals surface area contributed by atoms with Crippen LogP contribution in [0.15, 0.2) is 102 Å². The van der Waals surface area contributed by atoms with Crippen molar-refractivity contribution in [3.8, 4) is 11.5 Å². The lowest BCUT2D eigenvalue weighted by Crippen LogP contribution is -2.43. The molecule has 4 aromatic carbocycles. The third kappa shape index (κ3) is 5.92. The van der Waals surface area contributed by atoms with Gasteiger partial charge in [0.25, 0.3) is 0 Å². The molecule has 0 saturated carbocycles. The Morgan fingerprint density at radius 3 is 2.27 bits per heavy atom. The minimum atomic E-state index is 0. The van der Waals surface area contributed by atoms with Crippen molar-refractivity contribution in [1.29, 1.82) is 0 Å². The fraction of sp³-hybridized carbons (Fsp3) is 0.179. The van der Waals surface area contributed by atoms with E-state index in [9.17, 15) is 0 Å². The number of hydrogen-bond donors (Lipinski definition) is 0. The molecule has 0 N–H and O–H groups in total. The van der Waals surface area contributed by atoms with Gasteiger partial charge in [0, 0.05) is 32.7 Å². The fourth-order valence-electron chi connectivity index (χ4n) is 4.11. The largest absolute Gasteiger partial charge is 0.457 e. The predicted octanol–water partition coefficient (Wildman–Crippen LogP) is 6.21. The number of para-hydroxylation sites is 1. The first-order valence-electron chi connectivity index (χ1n) is 11.1. The summed E-state index contributed by atoms with van der Waals surface area (Å²) in [4.78, 5) is 2.52. The third-order valence-electron chi connectivity index (χ3n) is 5.83. The van der Waals surface area contributed by atoms with Gasteiger partial charge in [0.15, 0.2) is 0 Å². The van der Waals surface area contributed by atoms with Crippen molar-refractivity contribution in [2.45, 2.75) is 6.54 Å². The van der Waals surface area contributed by atoms with Crippen LogP contribution in [-0.4, -0.2) is 42.3 Å². The van der Waals surface area contributed by atoms with Crippen LogP contribution in [0.2, 0.25) is 0 Å². The van der Waals surface area contributed by atoms with Gasteiger partial charge in [-0.25, -0.2) is 0 Å². The Morgan fingerprint density at radius 2 is 1.42 bits per heavy atom. The zero-order valence-electron chi connectivity index (χ0n) is 18.5. The molecule has 1 fully saturated rings.